The highest BCUT2D eigenvalue weighted by Gasteiger charge is 2.31. The fourth-order valence-electron chi connectivity index (χ4n) is 1.72. The lowest BCUT2D eigenvalue weighted by Gasteiger charge is -2.08. The van der Waals surface area contributed by atoms with Crippen LogP contribution in [0.4, 0.5) is 19.0 Å². The second-order valence-electron chi connectivity index (χ2n) is 5.85. The van der Waals surface area contributed by atoms with Gasteiger partial charge in [0, 0.05) is 11.8 Å². The molecule has 26 heavy (non-hydrogen) atoms. The van der Waals surface area contributed by atoms with Crippen LogP contribution in [0, 0.1) is 11.8 Å². The number of alkyl halides is 3. The Morgan fingerprint density at radius 1 is 1.23 bits per heavy atom. The highest BCUT2D eigenvalue weighted by Crippen LogP contribution is 2.32. The number of hydrogen-bond donors (Lipinski definition) is 2. The number of aliphatic hydroxyl groups is 1. The maximum atomic E-state index is 12.6. The number of aromatic nitrogens is 1. The molecule has 0 unspecified atom stereocenters. The minimum Gasteiger partial charge on any atom is -0.378 e. The molecule has 1 aromatic carbocycles. The minimum atomic E-state index is -4.51. The lowest BCUT2D eigenvalue weighted by molar-refractivity contribution is -0.137. The van der Waals surface area contributed by atoms with Crippen LogP contribution in [0.3, 0.4) is 0 Å². The molecule has 0 aliphatic heterocycles. The molecule has 2 N–H and O–H groups in total. The first kappa shape index (κ1) is 19.8. The van der Waals surface area contributed by atoms with Crippen LogP contribution in [-0.4, -0.2) is 21.9 Å². The van der Waals surface area contributed by atoms with Crippen molar-refractivity contribution in [2.24, 2.45) is 5.10 Å². The van der Waals surface area contributed by atoms with Crippen LogP contribution in [0.15, 0.2) is 41.6 Å². The predicted molar refractivity (Wildman–Crippen MR) is 95.1 cm³/mol. The molecule has 0 aliphatic carbocycles. The molecule has 4 nitrogen and oxygen atoms in total. The topological polar surface area (TPSA) is 57.5 Å². The minimum absolute atomic E-state index is 0.0172. The number of rotatable bonds is 3. The zero-order valence-electron chi connectivity index (χ0n) is 13.9. The fraction of sp³-hybridized carbons (Fsp3) is 0.222. The number of nitrogens with one attached hydrogen (secondary N) is 1. The Bertz CT molecular complexity index is 860. The van der Waals surface area contributed by atoms with E-state index in [2.05, 4.69) is 27.4 Å². The summed E-state index contributed by atoms with van der Waals surface area (Å²) in [4.78, 5) is 3.62. The van der Waals surface area contributed by atoms with Crippen molar-refractivity contribution in [3.8, 4) is 11.8 Å². The molecule has 0 fully saturated rings. The highest BCUT2D eigenvalue weighted by molar-refractivity contribution is 6.32. The van der Waals surface area contributed by atoms with Crippen molar-refractivity contribution in [1.82, 2.24) is 4.98 Å². The van der Waals surface area contributed by atoms with Crippen molar-refractivity contribution >= 4 is 23.6 Å². The molecule has 8 heteroatoms. The van der Waals surface area contributed by atoms with Gasteiger partial charge in [0.05, 0.1) is 16.8 Å². The zero-order valence-corrected chi connectivity index (χ0v) is 14.7. The Kier molecular flexibility index (Phi) is 5.90. The highest BCUT2D eigenvalue weighted by atomic mass is 35.5. The van der Waals surface area contributed by atoms with Gasteiger partial charge in [-0.3, -0.25) is 5.43 Å². The van der Waals surface area contributed by atoms with Gasteiger partial charge < -0.3 is 5.11 Å². The number of anilines is 1. The standard InChI is InChI=1S/C18H15ClF3N3O/c1-17(2,26)8-7-12-3-5-13(6-4-12)10-24-25-16-15(19)9-14(11-23-16)18(20,21)22/h3-6,9-11,26H,1-2H3,(H,23,25)/b24-10+. The number of halogens is 4. The van der Waals surface area contributed by atoms with Crippen LogP contribution in [0.25, 0.3) is 0 Å². The van der Waals surface area contributed by atoms with Crippen LogP contribution < -0.4 is 5.43 Å². The summed E-state index contributed by atoms with van der Waals surface area (Å²) in [6.07, 6.45) is -2.36. The monoisotopic (exact) mass is 381 g/mol. The summed E-state index contributed by atoms with van der Waals surface area (Å²) >= 11 is 5.77. The maximum Gasteiger partial charge on any atom is 0.417 e. The largest absolute Gasteiger partial charge is 0.417 e. The van der Waals surface area contributed by atoms with Gasteiger partial charge in [0.25, 0.3) is 0 Å². The van der Waals surface area contributed by atoms with Crippen molar-refractivity contribution in [3.05, 3.63) is 58.2 Å². The number of nitrogens with zero attached hydrogens (tertiary/aromatic N) is 2. The Labute approximate surface area is 153 Å². The first-order valence-corrected chi connectivity index (χ1v) is 7.80. The van der Waals surface area contributed by atoms with Gasteiger partial charge in [-0.1, -0.05) is 35.6 Å². The average molecular weight is 382 g/mol. The predicted octanol–water partition coefficient (Wildman–Crippen LogP) is 4.32. The molecule has 1 aromatic heterocycles. The molecule has 0 atom stereocenters. The Balaban J connectivity index is 2.03. The average Bonchev–Trinajstić information content (AvgIpc) is 2.54. The molecule has 1 heterocycles. The van der Waals surface area contributed by atoms with Crippen LogP contribution in [0.1, 0.15) is 30.5 Å². The SMILES string of the molecule is CC(C)(O)C#Cc1ccc(/C=N/Nc2ncc(C(F)(F)F)cc2Cl)cc1. The summed E-state index contributed by atoms with van der Waals surface area (Å²) in [5, 5.41) is 13.3. The van der Waals surface area contributed by atoms with E-state index in [1.165, 1.54) is 6.21 Å². The molecule has 0 spiro atoms. The van der Waals surface area contributed by atoms with Crippen LogP contribution in [0.2, 0.25) is 5.02 Å². The van der Waals surface area contributed by atoms with Crippen molar-refractivity contribution in [2.75, 3.05) is 5.43 Å². The molecule has 0 saturated heterocycles. The third kappa shape index (κ3) is 6.06. The van der Waals surface area contributed by atoms with Gasteiger partial charge in [0.2, 0.25) is 0 Å². The molecular weight excluding hydrogens is 367 g/mol. The van der Waals surface area contributed by atoms with Gasteiger partial charge >= 0.3 is 6.18 Å². The normalized spacial score (nSPS) is 12.0. The van der Waals surface area contributed by atoms with E-state index in [0.717, 1.165) is 17.2 Å². The van der Waals surface area contributed by atoms with Crippen molar-refractivity contribution in [1.29, 1.82) is 0 Å². The van der Waals surface area contributed by atoms with Crippen LogP contribution in [-0.2, 0) is 6.18 Å². The van der Waals surface area contributed by atoms with Gasteiger partial charge in [-0.25, -0.2) is 4.98 Å². The fourth-order valence-corrected chi connectivity index (χ4v) is 1.93. The zero-order chi connectivity index (χ0) is 19.4. The molecule has 0 amide bonds. The molecule has 2 rings (SSSR count). The summed E-state index contributed by atoms with van der Waals surface area (Å²) < 4.78 is 37.7. The van der Waals surface area contributed by atoms with E-state index in [1.807, 2.05) is 0 Å². The first-order valence-electron chi connectivity index (χ1n) is 7.42. The lowest BCUT2D eigenvalue weighted by Crippen LogP contribution is -2.14. The Morgan fingerprint density at radius 3 is 2.42 bits per heavy atom. The van der Waals surface area contributed by atoms with Gasteiger partial charge in [0.1, 0.15) is 5.60 Å². The van der Waals surface area contributed by atoms with E-state index >= 15 is 0 Å². The van der Waals surface area contributed by atoms with E-state index in [1.54, 1.807) is 38.1 Å². The number of pyridine rings is 1. The van der Waals surface area contributed by atoms with Crippen molar-refractivity contribution in [3.63, 3.8) is 0 Å². The number of benzene rings is 1. The lowest BCUT2D eigenvalue weighted by atomic mass is 10.1. The molecule has 2 aromatic rings. The second-order valence-corrected chi connectivity index (χ2v) is 6.26. The third-order valence-electron chi connectivity index (χ3n) is 2.98. The summed E-state index contributed by atoms with van der Waals surface area (Å²) in [6.45, 7) is 3.18. The van der Waals surface area contributed by atoms with Crippen LogP contribution in [0.5, 0.6) is 0 Å². The molecule has 0 aliphatic rings. The Hall–Kier alpha value is -2.56. The second kappa shape index (κ2) is 7.77. The first-order chi connectivity index (χ1) is 12.0. The molecular formula is C18H15ClF3N3O. The van der Waals surface area contributed by atoms with Crippen LogP contribution >= 0.6 is 11.6 Å². The maximum absolute atomic E-state index is 12.6. The van der Waals surface area contributed by atoms with E-state index < -0.39 is 17.3 Å². The smallest absolute Gasteiger partial charge is 0.378 e. The van der Waals surface area contributed by atoms with Gasteiger partial charge in [-0.2, -0.15) is 18.3 Å². The summed E-state index contributed by atoms with van der Waals surface area (Å²) in [7, 11) is 0. The molecule has 136 valence electrons. The Morgan fingerprint density at radius 2 is 1.88 bits per heavy atom. The van der Waals surface area contributed by atoms with E-state index in [0.29, 0.717) is 6.20 Å². The van der Waals surface area contributed by atoms with E-state index in [9.17, 15) is 18.3 Å². The number of hydrazone groups is 1. The third-order valence-corrected chi connectivity index (χ3v) is 3.26. The summed E-state index contributed by atoms with van der Waals surface area (Å²) in [6, 6.07) is 7.79. The molecule has 0 bridgehead atoms. The summed E-state index contributed by atoms with van der Waals surface area (Å²) in [5.74, 6) is 5.56. The van der Waals surface area contributed by atoms with E-state index in [-0.39, 0.29) is 10.8 Å². The van der Waals surface area contributed by atoms with Crippen molar-refractivity contribution in [2.45, 2.75) is 25.6 Å². The van der Waals surface area contributed by atoms with Gasteiger partial charge in [-0.15, -0.1) is 0 Å². The molecule has 0 saturated carbocycles. The van der Waals surface area contributed by atoms with Gasteiger partial charge in [-0.05, 0) is 37.6 Å². The molecule has 0 radical (unpaired) electrons. The quantitative estimate of drug-likeness (QED) is 0.473. The van der Waals surface area contributed by atoms with E-state index in [4.69, 9.17) is 11.6 Å². The van der Waals surface area contributed by atoms with Gasteiger partial charge in [0.15, 0.2) is 5.82 Å². The summed E-state index contributed by atoms with van der Waals surface area (Å²) in [5.41, 5.74) is 1.95. The van der Waals surface area contributed by atoms with Crippen molar-refractivity contribution < 1.29 is 18.3 Å². The number of hydrogen-bond acceptors (Lipinski definition) is 4.